The Labute approximate surface area is 144 Å². The van der Waals surface area contributed by atoms with E-state index in [2.05, 4.69) is 4.90 Å². The standard InChI is InChI=1S/C17H25N3O3S/c1-18-11-10-17(9-8-16(18)21)14-20(13-12-19(17)2)24(22,23)15-6-4-3-5-7-15/h3-7H,8-14H2,1-2H3/t17-/m0/s1. The molecular weight excluding hydrogens is 326 g/mol. The largest absolute Gasteiger partial charge is 0.346 e. The fourth-order valence-corrected chi connectivity index (χ4v) is 5.20. The smallest absolute Gasteiger partial charge is 0.243 e. The summed E-state index contributed by atoms with van der Waals surface area (Å²) in [5.41, 5.74) is -0.263. The van der Waals surface area contributed by atoms with E-state index >= 15 is 0 Å². The number of likely N-dealkylation sites (N-methyl/N-ethyl adjacent to an activating group) is 1. The van der Waals surface area contributed by atoms with E-state index in [1.54, 1.807) is 33.5 Å². The predicted molar refractivity (Wildman–Crippen MR) is 92.0 cm³/mol. The highest BCUT2D eigenvalue weighted by molar-refractivity contribution is 7.89. The summed E-state index contributed by atoms with van der Waals surface area (Å²) in [6, 6.07) is 8.60. The molecule has 1 atom stereocenters. The minimum absolute atomic E-state index is 0.142. The van der Waals surface area contributed by atoms with Crippen molar-refractivity contribution in [2.75, 3.05) is 40.3 Å². The number of hydrogen-bond donors (Lipinski definition) is 0. The Morgan fingerprint density at radius 3 is 2.42 bits per heavy atom. The molecule has 0 N–H and O–H groups in total. The topological polar surface area (TPSA) is 60.9 Å². The zero-order valence-corrected chi connectivity index (χ0v) is 15.1. The van der Waals surface area contributed by atoms with E-state index in [-0.39, 0.29) is 11.4 Å². The number of benzene rings is 1. The van der Waals surface area contributed by atoms with E-state index in [4.69, 9.17) is 0 Å². The quantitative estimate of drug-likeness (QED) is 0.798. The molecule has 0 bridgehead atoms. The Morgan fingerprint density at radius 1 is 1.00 bits per heavy atom. The van der Waals surface area contributed by atoms with E-state index in [1.165, 1.54) is 0 Å². The summed E-state index contributed by atoms with van der Waals surface area (Å²) in [7, 11) is 0.374. The van der Waals surface area contributed by atoms with Crippen LogP contribution in [0.25, 0.3) is 0 Å². The molecule has 0 saturated carbocycles. The molecule has 0 unspecified atom stereocenters. The van der Waals surface area contributed by atoms with Gasteiger partial charge in [-0.2, -0.15) is 4.31 Å². The van der Waals surface area contributed by atoms with Crippen LogP contribution >= 0.6 is 0 Å². The molecule has 7 heteroatoms. The number of sulfonamides is 1. The molecule has 2 aliphatic rings. The molecule has 1 amide bonds. The second-order valence-corrected chi connectivity index (χ2v) is 8.80. The first-order valence-electron chi connectivity index (χ1n) is 8.36. The van der Waals surface area contributed by atoms with Crippen molar-refractivity contribution < 1.29 is 13.2 Å². The highest BCUT2D eigenvalue weighted by Gasteiger charge is 2.44. The van der Waals surface area contributed by atoms with Crippen LogP contribution in [-0.2, 0) is 14.8 Å². The summed E-state index contributed by atoms with van der Waals surface area (Å²) >= 11 is 0. The van der Waals surface area contributed by atoms with Crippen LogP contribution < -0.4 is 0 Å². The summed E-state index contributed by atoms with van der Waals surface area (Å²) in [5, 5.41) is 0. The third-order valence-electron chi connectivity index (χ3n) is 5.49. The van der Waals surface area contributed by atoms with Crippen LogP contribution in [0.3, 0.4) is 0 Å². The predicted octanol–water partition coefficient (Wildman–Crippen LogP) is 1.00. The average molecular weight is 351 g/mol. The number of amides is 1. The van der Waals surface area contributed by atoms with E-state index in [9.17, 15) is 13.2 Å². The lowest BCUT2D eigenvalue weighted by molar-refractivity contribution is -0.129. The Morgan fingerprint density at radius 2 is 1.71 bits per heavy atom. The van der Waals surface area contributed by atoms with Crippen LogP contribution in [0.15, 0.2) is 35.2 Å². The third kappa shape index (κ3) is 3.08. The Kier molecular flexibility index (Phi) is 4.68. The van der Waals surface area contributed by atoms with Crippen molar-refractivity contribution in [2.45, 2.75) is 29.7 Å². The Balaban J connectivity index is 1.87. The van der Waals surface area contributed by atoms with Gasteiger partial charge in [-0.3, -0.25) is 9.69 Å². The fourth-order valence-electron chi connectivity index (χ4n) is 3.67. The summed E-state index contributed by atoms with van der Waals surface area (Å²) < 4.78 is 27.5. The number of piperazine rings is 1. The highest BCUT2D eigenvalue weighted by atomic mass is 32.2. The first kappa shape index (κ1) is 17.4. The molecule has 6 nitrogen and oxygen atoms in total. The molecule has 2 fully saturated rings. The lowest BCUT2D eigenvalue weighted by Gasteiger charge is -2.48. The molecule has 0 aromatic heterocycles. The maximum absolute atomic E-state index is 13.0. The molecule has 0 aliphatic carbocycles. The molecule has 24 heavy (non-hydrogen) atoms. The lowest BCUT2D eigenvalue weighted by atomic mass is 9.87. The van der Waals surface area contributed by atoms with Gasteiger partial charge in [0.15, 0.2) is 0 Å². The number of nitrogens with zero attached hydrogens (tertiary/aromatic N) is 3. The van der Waals surface area contributed by atoms with Crippen LogP contribution in [0.2, 0.25) is 0 Å². The van der Waals surface area contributed by atoms with Crippen LogP contribution in [-0.4, -0.2) is 74.2 Å². The number of likely N-dealkylation sites (tertiary alicyclic amines) is 1. The molecule has 2 aliphatic heterocycles. The highest BCUT2D eigenvalue weighted by Crippen LogP contribution is 2.33. The zero-order chi connectivity index (χ0) is 17.4. The van der Waals surface area contributed by atoms with E-state index in [0.29, 0.717) is 43.9 Å². The van der Waals surface area contributed by atoms with Gasteiger partial charge in [-0.05, 0) is 32.0 Å². The summed E-state index contributed by atoms with van der Waals surface area (Å²) in [6.07, 6.45) is 1.97. The molecule has 1 spiro atoms. The van der Waals surface area contributed by atoms with E-state index < -0.39 is 10.0 Å². The van der Waals surface area contributed by atoms with E-state index in [0.717, 1.165) is 6.42 Å². The van der Waals surface area contributed by atoms with Crippen molar-refractivity contribution in [3.63, 3.8) is 0 Å². The Hall–Kier alpha value is -1.44. The maximum atomic E-state index is 13.0. The number of carbonyl (C=O) groups excluding carboxylic acids is 1. The van der Waals surface area contributed by atoms with Gasteiger partial charge in [-0.1, -0.05) is 18.2 Å². The van der Waals surface area contributed by atoms with Crippen molar-refractivity contribution in [1.29, 1.82) is 0 Å². The average Bonchev–Trinajstić information content (AvgIpc) is 2.73. The number of hydrogen-bond acceptors (Lipinski definition) is 4. The SMILES string of the molecule is CN1CC[C@@]2(CCC1=O)CN(S(=O)(=O)c1ccccc1)CCN2C. The van der Waals surface area contributed by atoms with Gasteiger partial charge in [0.25, 0.3) is 0 Å². The van der Waals surface area contributed by atoms with Crippen molar-refractivity contribution in [3.8, 4) is 0 Å². The summed E-state index contributed by atoms with van der Waals surface area (Å²) in [6.45, 7) is 2.29. The van der Waals surface area contributed by atoms with Gasteiger partial charge in [0, 0.05) is 45.2 Å². The normalized spacial score (nSPS) is 27.4. The zero-order valence-electron chi connectivity index (χ0n) is 14.3. The third-order valence-corrected chi connectivity index (χ3v) is 7.35. The summed E-state index contributed by atoms with van der Waals surface area (Å²) in [5.74, 6) is 0.142. The van der Waals surface area contributed by atoms with Crippen molar-refractivity contribution in [2.24, 2.45) is 0 Å². The molecular formula is C17H25N3O3S. The molecule has 0 radical (unpaired) electrons. The van der Waals surface area contributed by atoms with Gasteiger partial charge in [0.05, 0.1) is 4.90 Å². The van der Waals surface area contributed by atoms with Gasteiger partial charge in [0.1, 0.15) is 0 Å². The Bertz CT molecular complexity index is 707. The minimum atomic E-state index is -3.49. The molecule has 1 aromatic carbocycles. The molecule has 3 rings (SSSR count). The number of carbonyl (C=O) groups is 1. The summed E-state index contributed by atoms with van der Waals surface area (Å²) in [4.78, 5) is 16.4. The molecule has 132 valence electrons. The number of rotatable bonds is 2. The van der Waals surface area contributed by atoms with Gasteiger partial charge >= 0.3 is 0 Å². The first-order valence-corrected chi connectivity index (χ1v) is 9.80. The van der Waals surface area contributed by atoms with Crippen LogP contribution in [0.4, 0.5) is 0 Å². The monoisotopic (exact) mass is 351 g/mol. The lowest BCUT2D eigenvalue weighted by Crippen LogP contribution is -2.62. The van der Waals surface area contributed by atoms with Crippen LogP contribution in [0, 0.1) is 0 Å². The van der Waals surface area contributed by atoms with E-state index in [1.807, 2.05) is 20.2 Å². The fraction of sp³-hybridized carbons (Fsp3) is 0.588. The molecule has 2 saturated heterocycles. The molecule has 2 heterocycles. The molecule has 1 aromatic rings. The van der Waals surface area contributed by atoms with Gasteiger partial charge < -0.3 is 4.90 Å². The van der Waals surface area contributed by atoms with Crippen molar-refractivity contribution >= 4 is 15.9 Å². The van der Waals surface area contributed by atoms with Crippen molar-refractivity contribution in [3.05, 3.63) is 30.3 Å². The maximum Gasteiger partial charge on any atom is 0.243 e. The van der Waals surface area contributed by atoms with Crippen molar-refractivity contribution in [1.82, 2.24) is 14.1 Å². The van der Waals surface area contributed by atoms with Gasteiger partial charge in [-0.25, -0.2) is 8.42 Å². The van der Waals surface area contributed by atoms with Crippen LogP contribution in [0.5, 0.6) is 0 Å². The minimum Gasteiger partial charge on any atom is -0.346 e. The second kappa shape index (κ2) is 6.46. The second-order valence-electron chi connectivity index (χ2n) is 6.86. The first-order chi connectivity index (χ1) is 11.3. The van der Waals surface area contributed by atoms with Crippen LogP contribution in [0.1, 0.15) is 19.3 Å². The van der Waals surface area contributed by atoms with Gasteiger partial charge in [0.2, 0.25) is 15.9 Å². The van der Waals surface area contributed by atoms with Gasteiger partial charge in [-0.15, -0.1) is 0 Å².